The summed E-state index contributed by atoms with van der Waals surface area (Å²) in [7, 11) is 0. The minimum Gasteiger partial charge on any atom is -0.272 e. The molecule has 31 heavy (non-hydrogen) atoms. The van der Waals surface area contributed by atoms with E-state index in [4.69, 9.17) is 0 Å². The zero-order valence-electron chi connectivity index (χ0n) is 16.6. The van der Waals surface area contributed by atoms with E-state index in [1.54, 1.807) is 6.07 Å². The molecule has 2 heterocycles. The Labute approximate surface area is 187 Å². The predicted octanol–water partition coefficient (Wildman–Crippen LogP) is 3.86. The number of hydrogen-bond acceptors (Lipinski definition) is 6. The molecule has 0 aliphatic rings. The first kappa shape index (κ1) is 20.8. The van der Waals surface area contributed by atoms with Gasteiger partial charge in [-0.15, -0.1) is 21.5 Å². The van der Waals surface area contributed by atoms with Crippen LogP contribution in [0.4, 0.5) is 0 Å². The number of amides is 2. The number of rotatable bonds is 6. The summed E-state index contributed by atoms with van der Waals surface area (Å²) in [5.74, 6) is 0.0885. The van der Waals surface area contributed by atoms with Crippen molar-refractivity contribution in [2.75, 3.05) is 5.75 Å². The number of carbonyl (C=O) groups is 2. The SMILES string of the molecule is Cc1ccc(C(=O)NNC(=O)CSc2nnc(-c3ccccc3)n2-c2ccccc2)s1. The first-order chi connectivity index (χ1) is 15.1. The molecule has 0 bridgehead atoms. The molecule has 4 rings (SSSR count). The monoisotopic (exact) mass is 449 g/mol. The summed E-state index contributed by atoms with van der Waals surface area (Å²) < 4.78 is 1.92. The third-order valence-electron chi connectivity index (χ3n) is 4.29. The predicted molar refractivity (Wildman–Crippen MR) is 122 cm³/mol. The van der Waals surface area contributed by atoms with E-state index in [0.717, 1.165) is 16.1 Å². The van der Waals surface area contributed by atoms with Gasteiger partial charge >= 0.3 is 0 Å². The second kappa shape index (κ2) is 9.59. The number of thioether (sulfide) groups is 1. The number of hydrazine groups is 1. The lowest BCUT2D eigenvalue weighted by molar-refractivity contribution is -0.119. The number of aromatic nitrogens is 3. The Hall–Kier alpha value is -3.43. The van der Waals surface area contributed by atoms with E-state index in [9.17, 15) is 9.59 Å². The Morgan fingerprint density at radius 1 is 0.935 bits per heavy atom. The van der Waals surface area contributed by atoms with Gasteiger partial charge in [-0.2, -0.15) is 0 Å². The number of thiophene rings is 1. The minimum atomic E-state index is -0.338. The van der Waals surface area contributed by atoms with Crippen LogP contribution in [0.1, 0.15) is 14.5 Å². The van der Waals surface area contributed by atoms with Crippen molar-refractivity contribution in [3.63, 3.8) is 0 Å². The highest BCUT2D eigenvalue weighted by atomic mass is 32.2. The van der Waals surface area contributed by atoms with Crippen molar-refractivity contribution < 1.29 is 9.59 Å². The van der Waals surface area contributed by atoms with Gasteiger partial charge < -0.3 is 0 Å². The van der Waals surface area contributed by atoms with E-state index < -0.39 is 0 Å². The van der Waals surface area contributed by atoms with E-state index in [1.165, 1.54) is 23.1 Å². The standard InChI is InChI=1S/C22H19N5O2S2/c1-15-12-13-18(31-15)21(29)25-23-19(28)14-30-22-26-24-20(16-8-4-2-5-9-16)27(22)17-10-6-3-7-11-17/h2-13H,14H2,1H3,(H,23,28)(H,25,29). The number of nitrogens with one attached hydrogen (secondary N) is 2. The molecule has 0 aliphatic carbocycles. The molecular formula is C22H19N5O2S2. The zero-order chi connectivity index (χ0) is 21.6. The normalized spacial score (nSPS) is 10.6. The topological polar surface area (TPSA) is 88.9 Å². The first-order valence-electron chi connectivity index (χ1n) is 9.46. The molecule has 4 aromatic rings. The number of carbonyl (C=O) groups excluding carboxylic acids is 2. The molecule has 156 valence electrons. The Morgan fingerprint density at radius 2 is 1.65 bits per heavy atom. The van der Waals surface area contributed by atoms with Crippen LogP contribution in [0.2, 0.25) is 0 Å². The summed E-state index contributed by atoms with van der Waals surface area (Å²) in [6.45, 7) is 1.92. The van der Waals surface area contributed by atoms with Gasteiger partial charge in [-0.3, -0.25) is 25.0 Å². The van der Waals surface area contributed by atoms with Gasteiger partial charge in [0.25, 0.3) is 5.91 Å². The van der Waals surface area contributed by atoms with Gasteiger partial charge in [-0.05, 0) is 31.2 Å². The van der Waals surface area contributed by atoms with E-state index in [0.29, 0.717) is 15.9 Å². The van der Waals surface area contributed by atoms with Crippen molar-refractivity contribution >= 4 is 34.9 Å². The van der Waals surface area contributed by atoms with E-state index >= 15 is 0 Å². The second-order valence-corrected chi connectivity index (χ2v) is 8.77. The van der Waals surface area contributed by atoms with Crippen LogP contribution < -0.4 is 10.9 Å². The second-order valence-electron chi connectivity index (χ2n) is 6.54. The van der Waals surface area contributed by atoms with Crippen molar-refractivity contribution in [2.45, 2.75) is 12.1 Å². The smallest absolute Gasteiger partial charge is 0.272 e. The van der Waals surface area contributed by atoms with Gasteiger partial charge in [-0.1, -0.05) is 60.3 Å². The summed E-state index contributed by atoms with van der Waals surface area (Å²) in [5.41, 5.74) is 6.71. The molecule has 2 N–H and O–H groups in total. The number of aryl methyl sites for hydroxylation is 1. The van der Waals surface area contributed by atoms with Gasteiger partial charge in [0, 0.05) is 16.1 Å². The van der Waals surface area contributed by atoms with E-state index in [1.807, 2.05) is 78.2 Å². The summed E-state index contributed by atoms with van der Waals surface area (Å²) >= 11 is 2.61. The largest absolute Gasteiger partial charge is 0.279 e. The third-order valence-corrected chi connectivity index (χ3v) is 6.22. The fourth-order valence-corrected chi connectivity index (χ4v) is 4.37. The van der Waals surface area contributed by atoms with Crippen molar-refractivity contribution in [3.05, 3.63) is 82.6 Å². The van der Waals surface area contributed by atoms with Crippen molar-refractivity contribution in [3.8, 4) is 17.1 Å². The molecule has 0 saturated heterocycles. The molecule has 7 nitrogen and oxygen atoms in total. The average Bonchev–Trinajstić information content (AvgIpc) is 3.43. The molecule has 0 saturated carbocycles. The zero-order valence-corrected chi connectivity index (χ0v) is 18.2. The van der Waals surface area contributed by atoms with Crippen LogP contribution in [0, 0.1) is 6.92 Å². The highest BCUT2D eigenvalue weighted by Crippen LogP contribution is 2.27. The molecule has 0 aliphatic heterocycles. The number of nitrogens with zero attached hydrogens (tertiary/aromatic N) is 3. The van der Waals surface area contributed by atoms with Crippen LogP contribution in [0.3, 0.4) is 0 Å². The fourth-order valence-electron chi connectivity index (χ4n) is 2.86. The van der Waals surface area contributed by atoms with Crippen molar-refractivity contribution in [2.24, 2.45) is 0 Å². The number of para-hydroxylation sites is 1. The van der Waals surface area contributed by atoms with Crippen LogP contribution in [0.25, 0.3) is 17.1 Å². The average molecular weight is 450 g/mol. The fraction of sp³-hybridized carbons (Fsp3) is 0.0909. The van der Waals surface area contributed by atoms with Crippen molar-refractivity contribution in [1.82, 2.24) is 25.6 Å². The van der Waals surface area contributed by atoms with Crippen LogP contribution in [0.5, 0.6) is 0 Å². The minimum absolute atomic E-state index is 0.0729. The lowest BCUT2D eigenvalue weighted by Gasteiger charge is -2.10. The highest BCUT2D eigenvalue weighted by Gasteiger charge is 2.17. The van der Waals surface area contributed by atoms with Crippen LogP contribution in [-0.4, -0.2) is 32.3 Å². The molecule has 9 heteroatoms. The maximum Gasteiger partial charge on any atom is 0.279 e. The Kier molecular flexibility index (Phi) is 6.44. The van der Waals surface area contributed by atoms with Gasteiger partial charge in [0.2, 0.25) is 5.91 Å². The molecule has 0 fully saturated rings. The Bertz CT molecular complexity index is 1190. The summed E-state index contributed by atoms with van der Waals surface area (Å²) in [6.07, 6.45) is 0. The Morgan fingerprint density at radius 3 is 2.32 bits per heavy atom. The van der Waals surface area contributed by atoms with Gasteiger partial charge in [0.05, 0.1) is 10.6 Å². The summed E-state index contributed by atoms with van der Waals surface area (Å²) in [4.78, 5) is 25.9. The summed E-state index contributed by atoms with van der Waals surface area (Å²) in [5, 5.41) is 9.23. The van der Waals surface area contributed by atoms with Crippen LogP contribution >= 0.6 is 23.1 Å². The maximum absolute atomic E-state index is 12.3. The molecule has 2 amide bonds. The molecular weight excluding hydrogens is 430 g/mol. The van der Waals surface area contributed by atoms with Gasteiger partial charge in [0.1, 0.15) is 0 Å². The van der Waals surface area contributed by atoms with E-state index in [2.05, 4.69) is 21.0 Å². The van der Waals surface area contributed by atoms with E-state index in [-0.39, 0.29) is 17.6 Å². The van der Waals surface area contributed by atoms with Crippen molar-refractivity contribution in [1.29, 1.82) is 0 Å². The van der Waals surface area contributed by atoms with Crippen LogP contribution in [0.15, 0.2) is 78.0 Å². The molecule has 0 radical (unpaired) electrons. The first-order valence-corrected chi connectivity index (χ1v) is 11.3. The summed E-state index contributed by atoms with van der Waals surface area (Å²) in [6, 6.07) is 23.1. The molecule has 0 spiro atoms. The maximum atomic E-state index is 12.3. The van der Waals surface area contributed by atoms with Crippen LogP contribution in [-0.2, 0) is 4.79 Å². The van der Waals surface area contributed by atoms with Gasteiger partial charge in [-0.25, -0.2) is 0 Å². The Balaban J connectivity index is 1.46. The molecule has 2 aromatic carbocycles. The lowest BCUT2D eigenvalue weighted by atomic mass is 10.2. The third kappa shape index (κ3) is 5.01. The lowest BCUT2D eigenvalue weighted by Crippen LogP contribution is -2.42. The number of hydrogen-bond donors (Lipinski definition) is 2. The van der Waals surface area contributed by atoms with Gasteiger partial charge in [0.15, 0.2) is 11.0 Å². The molecule has 0 atom stereocenters. The highest BCUT2D eigenvalue weighted by molar-refractivity contribution is 7.99. The quantitative estimate of drug-likeness (QED) is 0.345. The number of benzene rings is 2. The molecule has 0 unspecified atom stereocenters. The molecule has 2 aromatic heterocycles.